The van der Waals surface area contributed by atoms with Gasteiger partial charge in [0.2, 0.25) is 0 Å². The second-order valence-electron chi connectivity index (χ2n) is 5.40. The van der Waals surface area contributed by atoms with Gasteiger partial charge < -0.3 is 15.0 Å². The van der Waals surface area contributed by atoms with Crippen molar-refractivity contribution >= 4 is 5.69 Å². The van der Waals surface area contributed by atoms with Crippen molar-refractivity contribution in [2.45, 2.75) is 38.3 Å². The predicted molar refractivity (Wildman–Crippen MR) is 74.4 cm³/mol. The third-order valence-corrected chi connectivity index (χ3v) is 4.01. The van der Waals surface area contributed by atoms with E-state index in [0.717, 1.165) is 31.9 Å². The quantitative estimate of drug-likeness (QED) is 0.823. The lowest BCUT2D eigenvalue weighted by atomic mass is 9.98. The van der Waals surface area contributed by atoms with Gasteiger partial charge in [0.05, 0.1) is 12.3 Å². The molecule has 3 rings (SSSR count). The molecule has 1 aromatic carbocycles. The minimum atomic E-state index is 0.625. The fourth-order valence-corrected chi connectivity index (χ4v) is 3.12. The average molecular weight is 246 g/mol. The van der Waals surface area contributed by atoms with Gasteiger partial charge >= 0.3 is 0 Å². The molecule has 1 aromatic rings. The fourth-order valence-electron chi connectivity index (χ4n) is 3.12. The van der Waals surface area contributed by atoms with Crippen molar-refractivity contribution in [3.8, 4) is 5.75 Å². The van der Waals surface area contributed by atoms with E-state index in [1.807, 2.05) is 0 Å². The maximum Gasteiger partial charge on any atom is 0.142 e. The van der Waals surface area contributed by atoms with Crippen LogP contribution >= 0.6 is 0 Å². The Hall–Kier alpha value is -1.22. The first kappa shape index (κ1) is 11.8. The zero-order valence-electron chi connectivity index (χ0n) is 11.1. The van der Waals surface area contributed by atoms with E-state index >= 15 is 0 Å². The number of fused-ring (bicyclic) bond motifs is 1. The van der Waals surface area contributed by atoms with Crippen LogP contribution in [0.4, 0.5) is 5.69 Å². The number of ether oxygens (including phenoxy) is 1. The van der Waals surface area contributed by atoms with Gasteiger partial charge in [-0.3, -0.25) is 0 Å². The van der Waals surface area contributed by atoms with Crippen LogP contribution in [0.25, 0.3) is 0 Å². The lowest BCUT2D eigenvalue weighted by Crippen LogP contribution is -2.47. The summed E-state index contributed by atoms with van der Waals surface area (Å²) in [5.74, 6) is 1.06. The van der Waals surface area contributed by atoms with Crippen LogP contribution in [0.2, 0.25) is 0 Å². The van der Waals surface area contributed by atoms with E-state index in [9.17, 15) is 0 Å². The first-order valence-electron chi connectivity index (χ1n) is 7.06. The number of hydrogen-bond donors (Lipinski definition) is 1. The van der Waals surface area contributed by atoms with E-state index in [-0.39, 0.29) is 0 Å². The monoisotopic (exact) mass is 246 g/mol. The molecule has 0 radical (unpaired) electrons. The van der Waals surface area contributed by atoms with Gasteiger partial charge in [0.15, 0.2) is 0 Å². The molecular formula is C15H22N2O. The highest BCUT2D eigenvalue weighted by molar-refractivity contribution is 5.59. The third kappa shape index (κ3) is 2.32. The van der Waals surface area contributed by atoms with Gasteiger partial charge in [-0.2, -0.15) is 0 Å². The lowest BCUT2D eigenvalue weighted by molar-refractivity contribution is 0.320. The van der Waals surface area contributed by atoms with Gasteiger partial charge in [-0.1, -0.05) is 12.1 Å². The summed E-state index contributed by atoms with van der Waals surface area (Å²) in [7, 11) is 0. The summed E-state index contributed by atoms with van der Waals surface area (Å²) < 4.78 is 5.84. The van der Waals surface area contributed by atoms with Crippen LogP contribution in [0.3, 0.4) is 0 Å². The van der Waals surface area contributed by atoms with Crippen LogP contribution in [-0.2, 0) is 0 Å². The van der Waals surface area contributed by atoms with Gasteiger partial charge in [0.1, 0.15) is 5.75 Å². The summed E-state index contributed by atoms with van der Waals surface area (Å²) in [5, 5.41) is 3.53. The van der Waals surface area contributed by atoms with Crippen molar-refractivity contribution in [3.63, 3.8) is 0 Å². The molecule has 98 valence electrons. The first-order valence-corrected chi connectivity index (χ1v) is 7.06. The Labute approximate surface area is 109 Å². The number of anilines is 1. The second kappa shape index (κ2) is 5.19. The minimum absolute atomic E-state index is 0.625. The van der Waals surface area contributed by atoms with E-state index in [2.05, 4.69) is 41.4 Å². The van der Waals surface area contributed by atoms with Crippen LogP contribution in [0, 0.1) is 0 Å². The molecule has 0 aromatic heterocycles. The van der Waals surface area contributed by atoms with E-state index < -0.39 is 0 Å². The SMILES string of the molecule is CC1CC(N2CCCOc3ccccc32)CCN1. The molecule has 1 fully saturated rings. The standard InChI is InChI=1S/C15H22N2O/c1-12-11-13(7-8-16-12)17-9-4-10-18-15-6-3-2-5-14(15)17/h2-3,5-6,12-13,16H,4,7-11H2,1H3. The van der Waals surface area contributed by atoms with Crippen LogP contribution in [0.1, 0.15) is 26.2 Å². The van der Waals surface area contributed by atoms with Gasteiger partial charge in [-0.25, -0.2) is 0 Å². The molecule has 0 amide bonds. The molecule has 0 bridgehead atoms. The lowest BCUT2D eigenvalue weighted by Gasteiger charge is -2.38. The van der Waals surface area contributed by atoms with Gasteiger partial charge in [-0.05, 0) is 44.9 Å². The van der Waals surface area contributed by atoms with Crippen molar-refractivity contribution < 1.29 is 4.74 Å². The largest absolute Gasteiger partial charge is 0.491 e. The smallest absolute Gasteiger partial charge is 0.142 e. The van der Waals surface area contributed by atoms with Gasteiger partial charge in [0, 0.05) is 18.6 Å². The summed E-state index contributed by atoms with van der Waals surface area (Å²) in [6, 6.07) is 9.76. The Kier molecular flexibility index (Phi) is 3.41. The Morgan fingerprint density at radius 1 is 1.33 bits per heavy atom. The average Bonchev–Trinajstić information content (AvgIpc) is 2.61. The number of nitrogens with zero attached hydrogens (tertiary/aromatic N) is 1. The zero-order chi connectivity index (χ0) is 12.4. The number of benzene rings is 1. The zero-order valence-corrected chi connectivity index (χ0v) is 11.1. The number of piperidine rings is 1. The molecule has 3 nitrogen and oxygen atoms in total. The summed E-state index contributed by atoms with van der Waals surface area (Å²) >= 11 is 0. The van der Waals surface area contributed by atoms with Crippen LogP contribution in [0.5, 0.6) is 5.75 Å². The van der Waals surface area contributed by atoms with Crippen molar-refractivity contribution in [1.29, 1.82) is 0 Å². The third-order valence-electron chi connectivity index (χ3n) is 4.01. The number of hydrogen-bond acceptors (Lipinski definition) is 3. The maximum absolute atomic E-state index is 5.84. The molecule has 2 aliphatic heterocycles. The number of nitrogens with one attached hydrogen (secondary N) is 1. The van der Waals surface area contributed by atoms with E-state index in [1.165, 1.54) is 18.5 Å². The Morgan fingerprint density at radius 3 is 3.11 bits per heavy atom. The molecule has 18 heavy (non-hydrogen) atoms. The van der Waals surface area contributed by atoms with Gasteiger partial charge in [0.25, 0.3) is 0 Å². The Bertz CT molecular complexity index is 407. The topological polar surface area (TPSA) is 24.5 Å². The molecular weight excluding hydrogens is 224 g/mol. The molecule has 2 heterocycles. The summed E-state index contributed by atoms with van der Waals surface area (Å²) in [6.07, 6.45) is 3.58. The fraction of sp³-hybridized carbons (Fsp3) is 0.600. The number of rotatable bonds is 1. The van der Waals surface area contributed by atoms with E-state index in [0.29, 0.717) is 12.1 Å². The molecule has 3 heteroatoms. The highest BCUT2D eigenvalue weighted by Gasteiger charge is 2.27. The van der Waals surface area contributed by atoms with Crippen molar-refractivity contribution in [2.24, 2.45) is 0 Å². The molecule has 2 atom stereocenters. The molecule has 1 N–H and O–H groups in total. The number of para-hydroxylation sites is 2. The first-order chi connectivity index (χ1) is 8.84. The molecule has 2 aliphatic rings. The summed E-state index contributed by atoms with van der Waals surface area (Å²) in [4.78, 5) is 2.57. The molecule has 0 spiro atoms. The Balaban J connectivity index is 1.86. The molecule has 0 aliphatic carbocycles. The van der Waals surface area contributed by atoms with Crippen LogP contribution in [0.15, 0.2) is 24.3 Å². The van der Waals surface area contributed by atoms with E-state index in [4.69, 9.17) is 4.74 Å². The molecule has 0 saturated carbocycles. The van der Waals surface area contributed by atoms with Gasteiger partial charge in [-0.15, -0.1) is 0 Å². The van der Waals surface area contributed by atoms with Crippen molar-refractivity contribution in [1.82, 2.24) is 5.32 Å². The predicted octanol–water partition coefficient (Wildman–Crippen LogP) is 2.42. The van der Waals surface area contributed by atoms with E-state index in [1.54, 1.807) is 0 Å². The second-order valence-corrected chi connectivity index (χ2v) is 5.40. The van der Waals surface area contributed by atoms with Crippen molar-refractivity contribution in [3.05, 3.63) is 24.3 Å². The normalized spacial score (nSPS) is 28.2. The van der Waals surface area contributed by atoms with Crippen molar-refractivity contribution in [2.75, 3.05) is 24.6 Å². The maximum atomic E-state index is 5.84. The summed E-state index contributed by atoms with van der Waals surface area (Å²) in [6.45, 7) is 5.38. The molecule has 2 unspecified atom stereocenters. The highest BCUT2D eigenvalue weighted by Crippen LogP contribution is 2.33. The summed E-state index contributed by atoms with van der Waals surface area (Å²) in [5.41, 5.74) is 1.29. The van der Waals surface area contributed by atoms with Crippen LogP contribution < -0.4 is 15.0 Å². The molecule has 1 saturated heterocycles. The highest BCUT2D eigenvalue weighted by atomic mass is 16.5. The van der Waals surface area contributed by atoms with Crippen LogP contribution in [-0.4, -0.2) is 31.8 Å². The minimum Gasteiger partial charge on any atom is -0.491 e. The Morgan fingerprint density at radius 2 is 2.22 bits per heavy atom.